The molecule has 1 atom stereocenters. The quantitative estimate of drug-likeness (QED) is 0.891. The molecular weight excluding hydrogens is 274 g/mol. The maximum atomic E-state index is 6.34. The predicted octanol–water partition coefficient (Wildman–Crippen LogP) is 2.79. The van der Waals surface area contributed by atoms with Crippen LogP contribution in [-0.4, -0.2) is 23.5 Å². The number of aryl methyl sites for hydroxylation is 1. The highest BCUT2D eigenvalue weighted by molar-refractivity contribution is 6.31. The minimum absolute atomic E-state index is 0.284. The summed E-state index contributed by atoms with van der Waals surface area (Å²) in [6, 6.07) is 8.01. The van der Waals surface area contributed by atoms with E-state index < -0.39 is 0 Å². The van der Waals surface area contributed by atoms with Gasteiger partial charge in [0.1, 0.15) is 0 Å². The van der Waals surface area contributed by atoms with Crippen LogP contribution in [0, 0.1) is 0 Å². The topological polar surface area (TPSA) is 53.1 Å². The van der Waals surface area contributed by atoms with Crippen molar-refractivity contribution in [3.63, 3.8) is 0 Å². The number of nitrogens with zero attached hydrogens (tertiary/aromatic N) is 2. The second-order valence-corrected chi connectivity index (χ2v) is 5.07. The normalized spacial score (nSPS) is 12.6. The number of hydrogen-bond acceptors (Lipinski definition) is 3. The zero-order valence-corrected chi connectivity index (χ0v) is 12.6. The largest absolute Gasteiger partial charge is 0.383 e. The second kappa shape index (κ2) is 6.88. The number of methoxy groups -OCH3 is 1. The van der Waals surface area contributed by atoms with Crippen molar-refractivity contribution in [1.29, 1.82) is 0 Å². The fourth-order valence-corrected chi connectivity index (χ4v) is 2.41. The Hall–Kier alpha value is -1.36. The van der Waals surface area contributed by atoms with Crippen LogP contribution in [0.2, 0.25) is 5.02 Å². The van der Waals surface area contributed by atoms with Crippen LogP contribution < -0.4 is 5.73 Å². The molecule has 2 rings (SSSR count). The second-order valence-electron chi connectivity index (χ2n) is 4.67. The molecule has 2 N–H and O–H groups in total. The van der Waals surface area contributed by atoms with Crippen molar-refractivity contribution in [2.24, 2.45) is 5.73 Å². The highest BCUT2D eigenvalue weighted by Gasteiger charge is 2.18. The lowest BCUT2D eigenvalue weighted by molar-refractivity contribution is 0.182. The lowest BCUT2D eigenvalue weighted by Crippen LogP contribution is -2.19. The molecule has 0 bridgehead atoms. The Kier molecular flexibility index (Phi) is 5.17. The highest BCUT2D eigenvalue weighted by Crippen LogP contribution is 2.26. The maximum Gasteiger partial charge on any atom is 0.0837 e. The van der Waals surface area contributed by atoms with Gasteiger partial charge >= 0.3 is 0 Å². The van der Waals surface area contributed by atoms with Crippen LogP contribution in [0.5, 0.6) is 0 Å². The monoisotopic (exact) mass is 293 g/mol. The van der Waals surface area contributed by atoms with Gasteiger partial charge in [0, 0.05) is 7.11 Å². The third-order valence-electron chi connectivity index (χ3n) is 3.38. The van der Waals surface area contributed by atoms with Crippen LogP contribution >= 0.6 is 11.6 Å². The van der Waals surface area contributed by atoms with Gasteiger partial charge in [0.15, 0.2) is 0 Å². The van der Waals surface area contributed by atoms with E-state index in [1.807, 2.05) is 16.8 Å². The smallest absolute Gasteiger partial charge is 0.0837 e. The number of halogens is 1. The van der Waals surface area contributed by atoms with Crippen molar-refractivity contribution in [3.05, 3.63) is 52.3 Å². The van der Waals surface area contributed by atoms with Gasteiger partial charge in [-0.05, 0) is 17.5 Å². The molecule has 0 spiro atoms. The minimum Gasteiger partial charge on any atom is -0.383 e. The molecule has 5 heteroatoms. The molecule has 108 valence electrons. The SMILES string of the molecule is CCc1ccc(C(N)c2c(Cl)cnn2CCOC)cc1. The van der Waals surface area contributed by atoms with E-state index in [1.165, 1.54) is 5.56 Å². The average Bonchev–Trinajstić information content (AvgIpc) is 2.85. The van der Waals surface area contributed by atoms with Gasteiger partial charge in [-0.2, -0.15) is 5.10 Å². The molecule has 1 unspecified atom stereocenters. The van der Waals surface area contributed by atoms with E-state index in [4.69, 9.17) is 22.1 Å². The van der Waals surface area contributed by atoms with Crippen molar-refractivity contribution in [2.75, 3.05) is 13.7 Å². The standard InChI is InChI=1S/C15H20ClN3O/c1-3-11-4-6-12(7-5-11)14(17)15-13(16)10-18-19(15)8-9-20-2/h4-7,10,14H,3,8-9,17H2,1-2H3. The summed E-state index contributed by atoms with van der Waals surface area (Å²) in [5, 5.41) is 4.85. The molecule has 20 heavy (non-hydrogen) atoms. The minimum atomic E-state index is -0.284. The summed E-state index contributed by atoms with van der Waals surface area (Å²) in [4.78, 5) is 0. The zero-order chi connectivity index (χ0) is 14.5. The third kappa shape index (κ3) is 3.20. The number of aromatic nitrogens is 2. The molecular formula is C15H20ClN3O. The first kappa shape index (κ1) is 15.0. The van der Waals surface area contributed by atoms with E-state index in [-0.39, 0.29) is 6.04 Å². The molecule has 1 heterocycles. The number of hydrogen-bond donors (Lipinski definition) is 1. The molecule has 1 aromatic heterocycles. The number of rotatable bonds is 6. The van der Waals surface area contributed by atoms with Crippen LogP contribution in [0.15, 0.2) is 30.5 Å². The van der Waals surface area contributed by atoms with E-state index in [0.717, 1.165) is 17.7 Å². The molecule has 0 aliphatic carbocycles. The molecule has 1 aromatic carbocycles. The van der Waals surface area contributed by atoms with Crippen molar-refractivity contribution < 1.29 is 4.74 Å². The summed E-state index contributed by atoms with van der Waals surface area (Å²) < 4.78 is 6.89. The number of nitrogens with two attached hydrogens (primary N) is 1. The van der Waals surface area contributed by atoms with Gasteiger partial charge in [-0.3, -0.25) is 4.68 Å². The van der Waals surface area contributed by atoms with Gasteiger partial charge < -0.3 is 10.5 Å². The third-order valence-corrected chi connectivity index (χ3v) is 3.67. The molecule has 0 saturated heterocycles. The Morgan fingerprint density at radius 2 is 2.05 bits per heavy atom. The summed E-state index contributed by atoms with van der Waals surface area (Å²) in [5.41, 5.74) is 9.49. The van der Waals surface area contributed by atoms with E-state index in [9.17, 15) is 0 Å². The Morgan fingerprint density at radius 1 is 1.35 bits per heavy atom. The van der Waals surface area contributed by atoms with Crippen LogP contribution in [0.1, 0.15) is 29.8 Å². The van der Waals surface area contributed by atoms with Crippen LogP contribution in [0.3, 0.4) is 0 Å². The summed E-state index contributed by atoms with van der Waals surface area (Å²) >= 11 is 6.22. The van der Waals surface area contributed by atoms with Crippen LogP contribution in [0.25, 0.3) is 0 Å². The van der Waals surface area contributed by atoms with E-state index in [1.54, 1.807) is 13.3 Å². The average molecular weight is 294 g/mol. The van der Waals surface area contributed by atoms with Crippen LogP contribution in [-0.2, 0) is 17.7 Å². The molecule has 0 radical (unpaired) electrons. The first-order chi connectivity index (χ1) is 9.67. The van der Waals surface area contributed by atoms with Crippen molar-refractivity contribution in [3.8, 4) is 0 Å². The summed E-state index contributed by atoms with van der Waals surface area (Å²) in [6.07, 6.45) is 2.65. The Bertz CT molecular complexity index is 551. The van der Waals surface area contributed by atoms with E-state index >= 15 is 0 Å². The number of benzene rings is 1. The molecule has 0 amide bonds. The van der Waals surface area contributed by atoms with Gasteiger partial charge in [-0.15, -0.1) is 0 Å². The van der Waals surface area contributed by atoms with Gasteiger partial charge in [0.25, 0.3) is 0 Å². The molecule has 0 saturated carbocycles. The Balaban J connectivity index is 2.26. The molecule has 0 fully saturated rings. The van der Waals surface area contributed by atoms with E-state index in [2.05, 4.69) is 24.2 Å². The summed E-state index contributed by atoms with van der Waals surface area (Å²) in [7, 11) is 1.66. The Labute approximate surface area is 124 Å². The first-order valence-electron chi connectivity index (χ1n) is 6.72. The first-order valence-corrected chi connectivity index (χ1v) is 7.09. The zero-order valence-electron chi connectivity index (χ0n) is 11.8. The summed E-state index contributed by atoms with van der Waals surface area (Å²) in [5.74, 6) is 0. The highest BCUT2D eigenvalue weighted by atomic mass is 35.5. The molecule has 4 nitrogen and oxygen atoms in total. The molecule has 2 aromatic rings. The molecule has 0 aliphatic heterocycles. The lowest BCUT2D eigenvalue weighted by Gasteiger charge is -2.15. The molecule has 0 aliphatic rings. The maximum absolute atomic E-state index is 6.34. The lowest BCUT2D eigenvalue weighted by atomic mass is 10.0. The van der Waals surface area contributed by atoms with Gasteiger partial charge in [0.2, 0.25) is 0 Å². The van der Waals surface area contributed by atoms with Crippen molar-refractivity contribution >= 4 is 11.6 Å². The van der Waals surface area contributed by atoms with Gasteiger partial charge in [-0.25, -0.2) is 0 Å². The van der Waals surface area contributed by atoms with Crippen molar-refractivity contribution in [1.82, 2.24) is 9.78 Å². The van der Waals surface area contributed by atoms with Gasteiger partial charge in [0.05, 0.1) is 36.1 Å². The summed E-state index contributed by atoms with van der Waals surface area (Å²) in [6.45, 7) is 3.34. The predicted molar refractivity (Wildman–Crippen MR) is 81.0 cm³/mol. The van der Waals surface area contributed by atoms with Gasteiger partial charge in [-0.1, -0.05) is 42.8 Å². The van der Waals surface area contributed by atoms with E-state index in [0.29, 0.717) is 18.2 Å². The fourth-order valence-electron chi connectivity index (χ4n) is 2.16. The van der Waals surface area contributed by atoms with Crippen molar-refractivity contribution in [2.45, 2.75) is 25.9 Å². The fraction of sp³-hybridized carbons (Fsp3) is 0.400. The Morgan fingerprint density at radius 3 is 2.65 bits per heavy atom. The number of ether oxygens (including phenoxy) is 1. The van der Waals surface area contributed by atoms with Crippen LogP contribution in [0.4, 0.5) is 0 Å².